The number of esters is 1. The van der Waals surface area contributed by atoms with E-state index in [0.717, 1.165) is 16.6 Å². The average molecular weight is 302 g/mol. The Morgan fingerprint density at radius 1 is 1.32 bits per heavy atom. The molecule has 2 aromatic rings. The molecule has 1 atom stereocenters. The maximum absolute atomic E-state index is 12.1. The largest absolute Gasteiger partial charge is 0.467 e. The van der Waals surface area contributed by atoms with Crippen LogP contribution in [0.5, 0.6) is 0 Å². The number of ether oxygens (including phenoxy) is 1. The second-order valence-electron chi connectivity index (χ2n) is 5.31. The predicted molar refractivity (Wildman–Crippen MR) is 81.5 cm³/mol. The molecule has 1 amide bonds. The van der Waals surface area contributed by atoms with Gasteiger partial charge in [-0.2, -0.15) is 0 Å². The van der Waals surface area contributed by atoms with E-state index in [1.807, 2.05) is 19.1 Å². The van der Waals surface area contributed by atoms with Crippen molar-refractivity contribution >= 4 is 22.8 Å². The molecule has 0 spiro atoms. The lowest BCUT2D eigenvalue weighted by Crippen LogP contribution is -2.47. The van der Waals surface area contributed by atoms with Gasteiger partial charge in [-0.1, -0.05) is 6.07 Å². The Kier molecular flexibility index (Phi) is 4.42. The van der Waals surface area contributed by atoms with Gasteiger partial charge < -0.3 is 15.2 Å². The highest BCUT2D eigenvalue weighted by Gasteiger charge is 2.31. The summed E-state index contributed by atoms with van der Waals surface area (Å²) in [4.78, 5) is 27.8. The van der Waals surface area contributed by atoms with Crippen LogP contribution in [0.15, 0.2) is 30.3 Å². The van der Waals surface area contributed by atoms with Crippen molar-refractivity contribution in [3.63, 3.8) is 0 Å². The van der Waals surface area contributed by atoms with Crippen molar-refractivity contribution in [1.29, 1.82) is 0 Å². The minimum Gasteiger partial charge on any atom is -0.467 e. The lowest BCUT2D eigenvalue weighted by atomic mass is 10.1. The van der Waals surface area contributed by atoms with E-state index < -0.39 is 11.6 Å². The van der Waals surface area contributed by atoms with Crippen LogP contribution in [-0.2, 0) is 9.53 Å². The molecule has 0 aliphatic carbocycles. The molecule has 116 valence electrons. The Balaban J connectivity index is 2.13. The second-order valence-corrected chi connectivity index (χ2v) is 5.31. The molecule has 6 heteroatoms. The van der Waals surface area contributed by atoms with Crippen LogP contribution < -0.4 is 5.32 Å². The summed E-state index contributed by atoms with van der Waals surface area (Å²) in [5, 5.41) is 13.2. The summed E-state index contributed by atoms with van der Waals surface area (Å²) in [6, 6.07) is 8.88. The van der Waals surface area contributed by atoms with Gasteiger partial charge in [-0.15, -0.1) is 0 Å². The van der Waals surface area contributed by atoms with Crippen molar-refractivity contribution in [2.24, 2.45) is 0 Å². The number of rotatable bonds is 4. The maximum atomic E-state index is 12.1. The fraction of sp³-hybridized carbons (Fsp3) is 0.312. The zero-order valence-corrected chi connectivity index (χ0v) is 12.7. The van der Waals surface area contributed by atoms with E-state index in [1.165, 1.54) is 14.0 Å². The summed E-state index contributed by atoms with van der Waals surface area (Å²) < 4.78 is 4.47. The van der Waals surface area contributed by atoms with Crippen LogP contribution in [0.1, 0.15) is 23.0 Å². The van der Waals surface area contributed by atoms with Crippen LogP contribution in [-0.4, -0.2) is 41.2 Å². The molecule has 1 aromatic carbocycles. The van der Waals surface area contributed by atoms with Gasteiger partial charge in [0.25, 0.3) is 5.91 Å². The number of amides is 1. The van der Waals surface area contributed by atoms with Gasteiger partial charge in [0, 0.05) is 16.6 Å². The zero-order valence-electron chi connectivity index (χ0n) is 12.7. The highest BCUT2D eigenvalue weighted by Crippen LogP contribution is 2.15. The molecule has 0 bridgehead atoms. The molecule has 6 nitrogen and oxygen atoms in total. The predicted octanol–water partition coefficient (Wildman–Crippen LogP) is 1.20. The van der Waals surface area contributed by atoms with Crippen LogP contribution in [0.3, 0.4) is 0 Å². The Bertz CT molecular complexity index is 725. The Morgan fingerprint density at radius 3 is 2.73 bits per heavy atom. The minimum absolute atomic E-state index is 0.233. The van der Waals surface area contributed by atoms with Crippen LogP contribution in [0.4, 0.5) is 0 Å². The van der Waals surface area contributed by atoms with Crippen molar-refractivity contribution < 1.29 is 19.4 Å². The van der Waals surface area contributed by atoms with Crippen molar-refractivity contribution in [2.75, 3.05) is 13.7 Å². The minimum atomic E-state index is -1.76. The van der Waals surface area contributed by atoms with E-state index in [2.05, 4.69) is 15.0 Å². The fourth-order valence-electron chi connectivity index (χ4n) is 2.02. The van der Waals surface area contributed by atoms with Gasteiger partial charge in [-0.3, -0.25) is 9.78 Å². The normalized spacial score (nSPS) is 13.5. The van der Waals surface area contributed by atoms with Crippen LogP contribution in [0, 0.1) is 6.92 Å². The molecule has 1 aromatic heterocycles. The number of carbonyl (C=O) groups excluding carboxylic acids is 2. The summed E-state index contributed by atoms with van der Waals surface area (Å²) in [5.74, 6) is -1.18. The summed E-state index contributed by atoms with van der Waals surface area (Å²) in [7, 11) is 1.18. The molecule has 2 rings (SSSR count). The summed E-state index contributed by atoms with van der Waals surface area (Å²) >= 11 is 0. The third-order valence-electron chi connectivity index (χ3n) is 3.31. The Hall–Kier alpha value is -2.47. The smallest absolute Gasteiger partial charge is 0.339 e. The van der Waals surface area contributed by atoms with E-state index in [0.29, 0.717) is 5.56 Å². The van der Waals surface area contributed by atoms with Crippen molar-refractivity contribution in [2.45, 2.75) is 19.4 Å². The summed E-state index contributed by atoms with van der Waals surface area (Å²) in [6.45, 7) is 2.95. The first-order chi connectivity index (χ1) is 10.3. The summed E-state index contributed by atoms with van der Waals surface area (Å²) in [6.07, 6.45) is 0. The molecule has 0 radical (unpaired) electrons. The van der Waals surface area contributed by atoms with Crippen molar-refractivity contribution in [3.05, 3.63) is 41.6 Å². The molecule has 0 fully saturated rings. The highest BCUT2D eigenvalue weighted by molar-refractivity contribution is 5.98. The number of nitrogens with one attached hydrogen (secondary N) is 1. The molecular weight excluding hydrogens is 284 g/mol. The third-order valence-corrected chi connectivity index (χ3v) is 3.31. The Labute approximate surface area is 128 Å². The van der Waals surface area contributed by atoms with E-state index in [-0.39, 0.29) is 12.5 Å². The Morgan fingerprint density at radius 2 is 2.05 bits per heavy atom. The first-order valence-corrected chi connectivity index (χ1v) is 6.80. The van der Waals surface area contributed by atoms with Crippen LogP contribution >= 0.6 is 0 Å². The molecule has 0 aliphatic rings. The molecule has 2 N–H and O–H groups in total. The average Bonchev–Trinajstić information content (AvgIpc) is 2.51. The zero-order chi connectivity index (χ0) is 16.3. The molecule has 0 unspecified atom stereocenters. The van der Waals surface area contributed by atoms with E-state index >= 15 is 0 Å². The fourth-order valence-corrected chi connectivity index (χ4v) is 2.02. The van der Waals surface area contributed by atoms with Gasteiger partial charge in [0.2, 0.25) is 0 Å². The lowest BCUT2D eigenvalue weighted by Gasteiger charge is -2.20. The van der Waals surface area contributed by atoms with E-state index in [4.69, 9.17) is 0 Å². The number of carbonyl (C=O) groups is 2. The number of methoxy groups -OCH3 is 1. The number of pyridine rings is 1. The lowest BCUT2D eigenvalue weighted by molar-refractivity contribution is -0.159. The maximum Gasteiger partial charge on any atom is 0.339 e. The van der Waals surface area contributed by atoms with Gasteiger partial charge in [-0.25, -0.2) is 4.79 Å². The van der Waals surface area contributed by atoms with Crippen LogP contribution in [0.2, 0.25) is 0 Å². The summed E-state index contributed by atoms with van der Waals surface area (Å²) in [5.41, 5.74) is 0.371. The monoisotopic (exact) mass is 302 g/mol. The standard InChI is InChI=1S/C16H18N2O4/c1-10-4-5-11-8-12(6-7-13(11)18-10)14(19)17-9-16(2,21)15(20)22-3/h4-8,21H,9H2,1-3H3,(H,17,19)/t16-/m1/s1. The third kappa shape index (κ3) is 3.40. The van der Waals surface area contributed by atoms with Gasteiger partial charge in [-0.05, 0) is 38.1 Å². The molecule has 0 aliphatic heterocycles. The molecule has 22 heavy (non-hydrogen) atoms. The first-order valence-electron chi connectivity index (χ1n) is 6.80. The number of fused-ring (bicyclic) bond motifs is 1. The van der Waals surface area contributed by atoms with Crippen LogP contribution in [0.25, 0.3) is 10.9 Å². The quantitative estimate of drug-likeness (QED) is 0.828. The molecular formula is C16H18N2O4. The van der Waals surface area contributed by atoms with E-state index in [1.54, 1.807) is 18.2 Å². The van der Waals surface area contributed by atoms with Gasteiger partial charge in [0.15, 0.2) is 5.60 Å². The molecule has 0 saturated heterocycles. The van der Waals surface area contributed by atoms with Crippen molar-refractivity contribution in [1.82, 2.24) is 10.3 Å². The second kappa shape index (κ2) is 6.11. The van der Waals surface area contributed by atoms with Gasteiger partial charge in [0.1, 0.15) is 0 Å². The van der Waals surface area contributed by atoms with Gasteiger partial charge >= 0.3 is 5.97 Å². The first kappa shape index (κ1) is 15.9. The number of benzene rings is 1. The number of nitrogens with zero attached hydrogens (tertiary/aromatic N) is 1. The number of aryl methyl sites for hydroxylation is 1. The number of aromatic nitrogens is 1. The van der Waals surface area contributed by atoms with E-state index in [9.17, 15) is 14.7 Å². The van der Waals surface area contributed by atoms with Gasteiger partial charge in [0.05, 0.1) is 19.2 Å². The SMILES string of the molecule is COC(=O)[C@](C)(O)CNC(=O)c1ccc2nc(C)ccc2c1. The molecule has 0 saturated carbocycles. The van der Waals surface area contributed by atoms with Crippen molar-refractivity contribution in [3.8, 4) is 0 Å². The number of hydrogen-bond donors (Lipinski definition) is 2. The topological polar surface area (TPSA) is 88.5 Å². The highest BCUT2D eigenvalue weighted by atomic mass is 16.5. The number of hydrogen-bond acceptors (Lipinski definition) is 5. The number of aliphatic hydroxyl groups is 1. The molecule has 1 heterocycles.